The summed E-state index contributed by atoms with van der Waals surface area (Å²) in [7, 11) is 3.51. The fourth-order valence-electron chi connectivity index (χ4n) is 1.61. The molecule has 0 unspecified atom stereocenters. The predicted molar refractivity (Wildman–Crippen MR) is 71.7 cm³/mol. The standard InChI is InChI=1S/C12H14N4OS/c1-13-11-10(4-3-5-14-11)12(17)16(2)6-9-7-18-8-15-9/h3-5,7-8H,6H2,1-2H3,(H,13,14). The first kappa shape index (κ1) is 12.5. The van der Waals surface area contributed by atoms with Gasteiger partial charge in [-0.15, -0.1) is 11.3 Å². The van der Waals surface area contributed by atoms with Gasteiger partial charge in [0.2, 0.25) is 0 Å². The van der Waals surface area contributed by atoms with E-state index in [0.29, 0.717) is 17.9 Å². The van der Waals surface area contributed by atoms with E-state index in [9.17, 15) is 4.79 Å². The zero-order valence-corrected chi connectivity index (χ0v) is 11.1. The molecule has 2 aromatic rings. The average Bonchev–Trinajstić information content (AvgIpc) is 2.90. The van der Waals surface area contributed by atoms with Crippen molar-refractivity contribution in [2.75, 3.05) is 19.4 Å². The van der Waals surface area contributed by atoms with Crippen LogP contribution < -0.4 is 5.32 Å². The first-order valence-electron chi connectivity index (χ1n) is 5.47. The Morgan fingerprint density at radius 3 is 3.00 bits per heavy atom. The van der Waals surface area contributed by atoms with Crippen LogP contribution in [0.1, 0.15) is 16.1 Å². The van der Waals surface area contributed by atoms with Crippen molar-refractivity contribution in [3.05, 3.63) is 40.5 Å². The lowest BCUT2D eigenvalue weighted by molar-refractivity contribution is 0.0784. The van der Waals surface area contributed by atoms with E-state index in [1.807, 2.05) is 5.38 Å². The lowest BCUT2D eigenvalue weighted by atomic mass is 10.2. The van der Waals surface area contributed by atoms with E-state index < -0.39 is 0 Å². The fraction of sp³-hybridized carbons (Fsp3) is 0.250. The summed E-state index contributed by atoms with van der Waals surface area (Å²) < 4.78 is 0. The first-order valence-corrected chi connectivity index (χ1v) is 6.42. The van der Waals surface area contributed by atoms with Crippen molar-refractivity contribution in [3.8, 4) is 0 Å². The average molecular weight is 262 g/mol. The Kier molecular flexibility index (Phi) is 3.88. The van der Waals surface area contributed by atoms with Crippen molar-refractivity contribution in [3.63, 3.8) is 0 Å². The van der Waals surface area contributed by atoms with Crippen LogP contribution in [0.2, 0.25) is 0 Å². The highest BCUT2D eigenvalue weighted by molar-refractivity contribution is 7.07. The minimum absolute atomic E-state index is 0.0690. The molecule has 0 atom stereocenters. The number of pyridine rings is 1. The van der Waals surface area contributed by atoms with Crippen molar-refractivity contribution in [1.29, 1.82) is 0 Å². The van der Waals surface area contributed by atoms with Crippen LogP contribution in [0.15, 0.2) is 29.2 Å². The molecular formula is C12H14N4OS. The van der Waals surface area contributed by atoms with Crippen LogP contribution in [0.4, 0.5) is 5.82 Å². The van der Waals surface area contributed by atoms with E-state index in [2.05, 4.69) is 15.3 Å². The number of hydrogen-bond donors (Lipinski definition) is 1. The van der Waals surface area contributed by atoms with Crippen molar-refractivity contribution in [1.82, 2.24) is 14.9 Å². The Morgan fingerprint density at radius 2 is 2.33 bits per heavy atom. The molecule has 2 heterocycles. The monoisotopic (exact) mass is 262 g/mol. The molecule has 2 rings (SSSR count). The number of anilines is 1. The Hall–Kier alpha value is -1.95. The van der Waals surface area contributed by atoms with Gasteiger partial charge in [0.05, 0.1) is 23.3 Å². The molecule has 6 heteroatoms. The van der Waals surface area contributed by atoms with Gasteiger partial charge in [-0.05, 0) is 12.1 Å². The number of hydrogen-bond acceptors (Lipinski definition) is 5. The molecule has 1 amide bonds. The first-order chi connectivity index (χ1) is 8.72. The molecular weight excluding hydrogens is 248 g/mol. The third kappa shape index (κ3) is 2.65. The van der Waals surface area contributed by atoms with Gasteiger partial charge in [-0.25, -0.2) is 9.97 Å². The fourth-order valence-corrected chi connectivity index (χ4v) is 2.16. The molecule has 0 saturated heterocycles. The lowest BCUT2D eigenvalue weighted by Crippen LogP contribution is -2.27. The number of rotatable bonds is 4. The normalized spacial score (nSPS) is 10.1. The summed E-state index contributed by atoms with van der Waals surface area (Å²) in [5.41, 5.74) is 3.22. The Morgan fingerprint density at radius 1 is 1.50 bits per heavy atom. The minimum Gasteiger partial charge on any atom is -0.372 e. The summed E-state index contributed by atoms with van der Waals surface area (Å²) in [5, 5.41) is 4.85. The molecule has 1 N–H and O–H groups in total. The van der Waals surface area contributed by atoms with Crippen molar-refractivity contribution in [2.24, 2.45) is 0 Å². The Labute approximate surface area is 109 Å². The number of amides is 1. The molecule has 0 saturated carbocycles. The van der Waals surface area contributed by atoms with Gasteiger partial charge in [-0.3, -0.25) is 4.79 Å². The Bertz CT molecular complexity index is 527. The maximum Gasteiger partial charge on any atom is 0.257 e. The summed E-state index contributed by atoms with van der Waals surface area (Å²) in [4.78, 5) is 22.2. The van der Waals surface area contributed by atoms with E-state index in [4.69, 9.17) is 0 Å². The SMILES string of the molecule is CNc1ncccc1C(=O)N(C)Cc1cscn1. The van der Waals surface area contributed by atoms with Crippen LogP contribution in [0.25, 0.3) is 0 Å². The largest absolute Gasteiger partial charge is 0.372 e. The molecule has 0 aliphatic carbocycles. The number of carbonyl (C=O) groups excluding carboxylic acids is 1. The molecule has 0 aliphatic rings. The van der Waals surface area contributed by atoms with E-state index >= 15 is 0 Å². The van der Waals surface area contributed by atoms with Crippen molar-refractivity contribution < 1.29 is 4.79 Å². The van der Waals surface area contributed by atoms with Gasteiger partial charge in [0.25, 0.3) is 5.91 Å². The number of thiazole rings is 1. The van der Waals surface area contributed by atoms with Gasteiger partial charge in [-0.1, -0.05) is 0 Å². The van der Waals surface area contributed by atoms with Crippen LogP contribution in [-0.2, 0) is 6.54 Å². The van der Waals surface area contributed by atoms with E-state index in [1.54, 1.807) is 42.8 Å². The number of nitrogens with zero attached hydrogens (tertiary/aromatic N) is 3. The maximum absolute atomic E-state index is 12.3. The van der Waals surface area contributed by atoms with Gasteiger partial charge in [0.15, 0.2) is 0 Å². The molecule has 0 aromatic carbocycles. The summed E-state index contributed by atoms with van der Waals surface area (Å²) in [6.07, 6.45) is 1.66. The highest BCUT2D eigenvalue weighted by Crippen LogP contribution is 2.14. The third-order valence-corrected chi connectivity index (χ3v) is 3.14. The van der Waals surface area contributed by atoms with Crippen molar-refractivity contribution in [2.45, 2.75) is 6.54 Å². The molecule has 0 fully saturated rings. The molecule has 0 bridgehead atoms. The van der Waals surface area contributed by atoms with Crippen LogP contribution in [0.5, 0.6) is 0 Å². The Balaban J connectivity index is 2.15. The summed E-state index contributed by atoms with van der Waals surface area (Å²) in [6, 6.07) is 3.52. The number of nitrogens with one attached hydrogen (secondary N) is 1. The van der Waals surface area contributed by atoms with Crippen LogP contribution in [-0.4, -0.2) is 34.9 Å². The van der Waals surface area contributed by atoms with Crippen LogP contribution in [0, 0.1) is 0 Å². The predicted octanol–water partition coefficient (Wildman–Crippen LogP) is 1.85. The molecule has 2 aromatic heterocycles. The van der Waals surface area contributed by atoms with Crippen LogP contribution >= 0.6 is 11.3 Å². The molecule has 18 heavy (non-hydrogen) atoms. The highest BCUT2D eigenvalue weighted by Gasteiger charge is 2.16. The topological polar surface area (TPSA) is 58.1 Å². The van der Waals surface area contributed by atoms with Crippen molar-refractivity contribution >= 4 is 23.1 Å². The van der Waals surface area contributed by atoms with E-state index in [1.165, 1.54) is 11.3 Å². The maximum atomic E-state index is 12.3. The minimum atomic E-state index is -0.0690. The van der Waals surface area contributed by atoms with Gasteiger partial charge in [-0.2, -0.15) is 0 Å². The molecule has 5 nitrogen and oxygen atoms in total. The second-order valence-corrected chi connectivity index (χ2v) is 4.51. The molecule has 0 spiro atoms. The molecule has 0 radical (unpaired) electrons. The summed E-state index contributed by atoms with van der Waals surface area (Å²) in [6.45, 7) is 0.500. The summed E-state index contributed by atoms with van der Waals surface area (Å²) in [5.74, 6) is 0.521. The van der Waals surface area contributed by atoms with Gasteiger partial charge < -0.3 is 10.2 Å². The quantitative estimate of drug-likeness (QED) is 0.913. The van der Waals surface area contributed by atoms with Crippen LogP contribution in [0.3, 0.4) is 0 Å². The number of aromatic nitrogens is 2. The zero-order chi connectivity index (χ0) is 13.0. The van der Waals surface area contributed by atoms with Gasteiger partial charge in [0, 0.05) is 25.7 Å². The molecule has 0 aliphatic heterocycles. The third-order valence-electron chi connectivity index (χ3n) is 2.50. The second kappa shape index (κ2) is 5.59. The second-order valence-electron chi connectivity index (χ2n) is 3.79. The number of carbonyl (C=O) groups is 1. The van der Waals surface area contributed by atoms with Gasteiger partial charge >= 0.3 is 0 Å². The van der Waals surface area contributed by atoms with Gasteiger partial charge in [0.1, 0.15) is 5.82 Å². The summed E-state index contributed by atoms with van der Waals surface area (Å²) >= 11 is 1.52. The van der Waals surface area contributed by atoms with E-state index in [0.717, 1.165) is 5.69 Å². The zero-order valence-electron chi connectivity index (χ0n) is 10.3. The lowest BCUT2D eigenvalue weighted by Gasteiger charge is -2.17. The highest BCUT2D eigenvalue weighted by atomic mass is 32.1. The smallest absolute Gasteiger partial charge is 0.257 e. The van der Waals surface area contributed by atoms with E-state index in [-0.39, 0.29) is 5.91 Å². The molecule has 94 valence electrons.